The summed E-state index contributed by atoms with van der Waals surface area (Å²) in [5.74, 6) is -0.920. The van der Waals surface area contributed by atoms with Gasteiger partial charge in [0, 0.05) is 20.0 Å². The first-order valence-electron chi connectivity index (χ1n) is 4.74. The molecule has 0 aliphatic carbocycles. The van der Waals surface area contributed by atoms with Crippen LogP contribution in [0.3, 0.4) is 0 Å². The van der Waals surface area contributed by atoms with Crippen molar-refractivity contribution in [2.24, 2.45) is 0 Å². The van der Waals surface area contributed by atoms with Crippen LogP contribution in [0.25, 0.3) is 0 Å². The van der Waals surface area contributed by atoms with Gasteiger partial charge >= 0.3 is 16.4 Å². The fourth-order valence-electron chi connectivity index (χ4n) is 1.28. The van der Waals surface area contributed by atoms with E-state index in [0.717, 1.165) is 7.05 Å². The highest BCUT2D eigenvalue weighted by atomic mass is 32.3. The molecule has 0 aromatic rings. The van der Waals surface area contributed by atoms with E-state index in [9.17, 15) is 17.1 Å². The Balaban J connectivity index is 4.03. The summed E-state index contributed by atoms with van der Waals surface area (Å²) in [6.45, 7) is 0.457. The lowest BCUT2D eigenvalue weighted by Crippen LogP contribution is -2.45. The van der Waals surface area contributed by atoms with Crippen molar-refractivity contribution in [1.82, 2.24) is 4.31 Å². The smallest absolute Gasteiger partial charge is 0.374 e. The van der Waals surface area contributed by atoms with Gasteiger partial charge in [0.2, 0.25) is 0 Å². The standard InChI is InChI=1S/C8H17FN2O4S/c1-10(16(9,14)15)5-4-6-11(2,3)7-8(12)13/h4-7H2,1-3H3/p+1. The fraction of sp³-hybridized carbons (Fsp3) is 0.875. The summed E-state index contributed by atoms with van der Waals surface area (Å²) in [6.07, 6.45) is 0.403. The fourth-order valence-corrected chi connectivity index (χ4v) is 1.62. The Morgan fingerprint density at radius 3 is 2.31 bits per heavy atom. The molecular weight excluding hydrogens is 239 g/mol. The van der Waals surface area contributed by atoms with Gasteiger partial charge in [-0.1, -0.05) is 3.89 Å². The highest BCUT2D eigenvalue weighted by Gasteiger charge is 2.21. The molecule has 0 spiro atoms. The highest BCUT2D eigenvalue weighted by molar-refractivity contribution is 7.83. The first-order chi connectivity index (χ1) is 7.04. The third-order valence-electron chi connectivity index (χ3n) is 2.17. The Morgan fingerprint density at radius 1 is 1.44 bits per heavy atom. The number of quaternary nitrogens is 1. The number of likely N-dealkylation sites (N-methyl/N-ethyl adjacent to an activating group) is 1. The normalized spacial score (nSPS) is 13.1. The van der Waals surface area contributed by atoms with E-state index in [2.05, 4.69) is 0 Å². The maximum Gasteiger partial charge on any atom is 0.374 e. The van der Waals surface area contributed by atoms with Gasteiger partial charge in [-0.25, -0.2) is 4.79 Å². The molecule has 0 rings (SSSR count). The van der Waals surface area contributed by atoms with Crippen LogP contribution in [0.1, 0.15) is 6.42 Å². The van der Waals surface area contributed by atoms with Crippen LogP contribution in [0.15, 0.2) is 0 Å². The number of carboxylic acid groups (broad SMARTS) is 1. The van der Waals surface area contributed by atoms with Crippen molar-refractivity contribution in [3.05, 3.63) is 0 Å². The van der Waals surface area contributed by atoms with Gasteiger partial charge in [-0.3, -0.25) is 0 Å². The van der Waals surface area contributed by atoms with Gasteiger partial charge in [0.15, 0.2) is 6.54 Å². The number of carbonyl (C=O) groups is 1. The van der Waals surface area contributed by atoms with Crippen LogP contribution < -0.4 is 0 Å². The van der Waals surface area contributed by atoms with E-state index < -0.39 is 16.4 Å². The lowest BCUT2D eigenvalue weighted by molar-refractivity contribution is -0.883. The predicted molar refractivity (Wildman–Crippen MR) is 56.8 cm³/mol. The zero-order valence-electron chi connectivity index (χ0n) is 9.68. The first kappa shape index (κ1) is 15.3. The molecule has 16 heavy (non-hydrogen) atoms. The molecule has 0 aliphatic heterocycles. The Labute approximate surface area is 95.2 Å². The average molecular weight is 257 g/mol. The van der Waals surface area contributed by atoms with Crippen molar-refractivity contribution in [3.8, 4) is 0 Å². The number of rotatable bonds is 7. The Kier molecular flexibility index (Phi) is 5.30. The molecule has 0 heterocycles. The van der Waals surface area contributed by atoms with Gasteiger partial charge in [-0.2, -0.15) is 12.7 Å². The molecule has 0 aliphatic rings. The second kappa shape index (κ2) is 5.55. The molecule has 0 atom stereocenters. The van der Waals surface area contributed by atoms with Gasteiger partial charge < -0.3 is 9.59 Å². The number of aliphatic carboxylic acids is 1. The molecule has 0 aromatic carbocycles. The van der Waals surface area contributed by atoms with Crippen molar-refractivity contribution >= 4 is 16.4 Å². The summed E-state index contributed by atoms with van der Waals surface area (Å²) < 4.78 is 34.1. The topological polar surface area (TPSA) is 74.7 Å². The van der Waals surface area contributed by atoms with Crippen LogP contribution in [0, 0.1) is 0 Å². The Hall–Kier alpha value is -0.730. The van der Waals surface area contributed by atoms with Crippen LogP contribution in [0.5, 0.6) is 0 Å². The molecule has 0 amide bonds. The molecule has 0 saturated heterocycles. The molecular formula is C8H18FN2O4S+. The largest absolute Gasteiger partial charge is 0.477 e. The maximum atomic E-state index is 12.4. The summed E-state index contributed by atoms with van der Waals surface area (Å²) in [5, 5.41) is 8.60. The Morgan fingerprint density at radius 2 is 1.94 bits per heavy atom. The molecule has 96 valence electrons. The van der Waals surface area contributed by atoms with Crippen molar-refractivity contribution in [1.29, 1.82) is 0 Å². The lowest BCUT2D eigenvalue weighted by atomic mass is 10.3. The van der Waals surface area contributed by atoms with Gasteiger partial charge in [0.25, 0.3) is 0 Å². The van der Waals surface area contributed by atoms with Crippen LogP contribution in [0.2, 0.25) is 0 Å². The minimum Gasteiger partial charge on any atom is -0.477 e. The monoisotopic (exact) mass is 257 g/mol. The first-order valence-corrected chi connectivity index (χ1v) is 6.08. The zero-order valence-corrected chi connectivity index (χ0v) is 10.5. The molecule has 8 heteroatoms. The number of nitrogens with zero attached hydrogens (tertiary/aromatic N) is 2. The van der Waals surface area contributed by atoms with Gasteiger partial charge in [0.1, 0.15) is 0 Å². The van der Waals surface area contributed by atoms with Crippen LogP contribution in [0.4, 0.5) is 3.89 Å². The molecule has 1 N–H and O–H groups in total. The molecule has 0 saturated carbocycles. The van der Waals surface area contributed by atoms with Crippen molar-refractivity contribution in [2.75, 3.05) is 40.8 Å². The molecule has 6 nitrogen and oxygen atoms in total. The molecule has 0 unspecified atom stereocenters. The summed E-state index contributed by atoms with van der Waals surface area (Å²) in [4.78, 5) is 10.5. The maximum absolute atomic E-state index is 12.4. The lowest BCUT2D eigenvalue weighted by Gasteiger charge is -2.28. The SMILES string of the molecule is CN(CCC[N+](C)(C)CC(=O)O)S(=O)(=O)F. The van der Waals surface area contributed by atoms with Crippen molar-refractivity contribution in [3.63, 3.8) is 0 Å². The summed E-state index contributed by atoms with van der Waals surface area (Å²) >= 11 is 0. The van der Waals surface area contributed by atoms with Gasteiger partial charge in [0.05, 0.1) is 20.6 Å². The number of halogens is 1. The van der Waals surface area contributed by atoms with E-state index in [4.69, 9.17) is 5.11 Å². The van der Waals surface area contributed by atoms with E-state index >= 15 is 0 Å². The minimum atomic E-state index is -4.63. The molecule has 0 aromatic heterocycles. The van der Waals surface area contributed by atoms with E-state index in [1.54, 1.807) is 14.1 Å². The Bertz CT molecular complexity index is 342. The minimum absolute atomic E-state index is 0.0418. The van der Waals surface area contributed by atoms with E-state index in [0.29, 0.717) is 17.3 Å². The summed E-state index contributed by atoms with van der Waals surface area (Å²) in [5.41, 5.74) is 0. The van der Waals surface area contributed by atoms with Crippen LogP contribution in [-0.2, 0) is 15.2 Å². The predicted octanol–water partition coefficient (Wildman–Crippen LogP) is -0.316. The molecule has 0 radical (unpaired) electrons. The number of hydrogen-bond acceptors (Lipinski definition) is 3. The van der Waals surface area contributed by atoms with E-state index in [-0.39, 0.29) is 17.6 Å². The second-order valence-electron chi connectivity index (χ2n) is 4.33. The zero-order chi connectivity index (χ0) is 13.0. The molecule has 0 fully saturated rings. The number of hydrogen-bond donors (Lipinski definition) is 1. The summed E-state index contributed by atoms with van der Waals surface area (Å²) in [7, 11) is -0.0476. The molecule has 0 bridgehead atoms. The van der Waals surface area contributed by atoms with E-state index in [1.807, 2.05) is 0 Å². The third-order valence-corrected chi connectivity index (χ3v) is 3.10. The van der Waals surface area contributed by atoms with E-state index in [1.165, 1.54) is 0 Å². The van der Waals surface area contributed by atoms with Gasteiger partial charge in [-0.05, 0) is 0 Å². The van der Waals surface area contributed by atoms with Crippen molar-refractivity contribution in [2.45, 2.75) is 6.42 Å². The summed E-state index contributed by atoms with van der Waals surface area (Å²) in [6, 6.07) is 0. The van der Waals surface area contributed by atoms with Crippen molar-refractivity contribution < 1.29 is 26.7 Å². The quantitative estimate of drug-likeness (QED) is 0.501. The number of carboxylic acids is 1. The highest BCUT2D eigenvalue weighted by Crippen LogP contribution is 2.03. The average Bonchev–Trinajstić information content (AvgIpc) is 1.98. The van der Waals surface area contributed by atoms with Crippen LogP contribution >= 0.6 is 0 Å². The van der Waals surface area contributed by atoms with Gasteiger partial charge in [-0.15, -0.1) is 0 Å². The third kappa shape index (κ3) is 6.70. The second-order valence-corrected chi connectivity index (χ2v) is 5.78. The van der Waals surface area contributed by atoms with Crippen LogP contribution in [-0.4, -0.2) is 69.1 Å².